The summed E-state index contributed by atoms with van der Waals surface area (Å²) in [6.45, 7) is 6.10. The molecule has 140 valence electrons. The number of rotatable bonds is 6. The van der Waals surface area contributed by atoms with Crippen molar-refractivity contribution >= 4 is 28.5 Å². The Labute approximate surface area is 157 Å². The minimum absolute atomic E-state index is 0.326. The molecule has 27 heavy (non-hydrogen) atoms. The number of H-pyrrole nitrogens is 1. The number of fused-ring (bicyclic) bond motifs is 1. The number of hydrogen-bond acceptors (Lipinski definition) is 4. The van der Waals surface area contributed by atoms with Crippen molar-refractivity contribution < 1.29 is 19.1 Å². The Kier molecular flexibility index (Phi) is 5.45. The molecule has 0 bridgehead atoms. The molecule has 1 heterocycles. The van der Waals surface area contributed by atoms with E-state index in [0.717, 1.165) is 27.8 Å². The zero-order chi connectivity index (χ0) is 19.4. The number of ether oxygens (including phenoxy) is 2. The van der Waals surface area contributed by atoms with E-state index in [9.17, 15) is 9.59 Å². The molecule has 0 spiro atoms. The Hall–Kier alpha value is -3.28. The van der Waals surface area contributed by atoms with Crippen LogP contribution in [0.4, 0.5) is 5.69 Å². The number of anilines is 1. The second-order valence-corrected chi connectivity index (χ2v) is 6.31. The van der Waals surface area contributed by atoms with Crippen LogP contribution in [0, 0.1) is 13.8 Å². The van der Waals surface area contributed by atoms with Crippen molar-refractivity contribution in [2.24, 2.45) is 0 Å². The van der Waals surface area contributed by atoms with Gasteiger partial charge in [-0.2, -0.15) is 0 Å². The van der Waals surface area contributed by atoms with Crippen LogP contribution in [0.25, 0.3) is 10.9 Å². The van der Waals surface area contributed by atoms with Crippen molar-refractivity contribution in [1.82, 2.24) is 4.98 Å². The molecule has 2 N–H and O–H groups in total. The average Bonchev–Trinajstić information content (AvgIpc) is 3.06. The maximum Gasteiger partial charge on any atom is 0.355 e. The smallest absolute Gasteiger partial charge is 0.355 e. The average molecular weight is 366 g/mol. The molecule has 3 rings (SSSR count). The van der Waals surface area contributed by atoms with Gasteiger partial charge in [0.1, 0.15) is 11.4 Å². The molecular formula is C21H22N2O4. The summed E-state index contributed by atoms with van der Waals surface area (Å²) >= 11 is 0. The summed E-state index contributed by atoms with van der Waals surface area (Å²) in [4.78, 5) is 27.3. The molecule has 0 unspecified atom stereocenters. The van der Waals surface area contributed by atoms with Crippen molar-refractivity contribution in [1.29, 1.82) is 0 Å². The van der Waals surface area contributed by atoms with Gasteiger partial charge in [-0.05, 0) is 68.3 Å². The van der Waals surface area contributed by atoms with Gasteiger partial charge in [-0.1, -0.05) is 6.07 Å². The lowest BCUT2D eigenvalue weighted by Gasteiger charge is -2.07. The number of esters is 1. The Morgan fingerprint density at radius 2 is 1.81 bits per heavy atom. The van der Waals surface area contributed by atoms with Crippen LogP contribution in [0.15, 0.2) is 42.5 Å². The molecule has 2 aromatic carbocycles. The topological polar surface area (TPSA) is 80.4 Å². The Morgan fingerprint density at radius 3 is 2.52 bits per heavy atom. The van der Waals surface area contributed by atoms with E-state index in [4.69, 9.17) is 9.47 Å². The monoisotopic (exact) mass is 366 g/mol. The first-order chi connectivity index (χ1) is 13.0. The van der Waals surface area contributed by atoms with Gasteiger partial charge in [-0.3, -0.25) is 4.79 Å². The van der Waals surface area contributed by atoms with Crippen LogP contribution in [-0.4, -0.2) is 30.1 Å². The van der Waals surface area contributed by atoms with Gasteiger partial charge in [-0.25, -0.2) is 4.79 Å². The molecule has 0 atom stereocenters. The number of amides is 1. The molecule has 6 nitrogen and oxygen atoms in total. The summed E-state index contributed by atoms with van der Waals surface area (Å²) in [5.74, 6) is -0.244. The van der Waals surface area contributed by atoms with Gasteiger partial charge in [0.15, 0.2) is 6.61 Å². The molecule has 0 fully saturated rings. The van der Waals surface area contributed by atoms with E-state index in [1.54, 1.807) is 30.3 Å². The van der Waals surface area contributed by atoms with Crippen LogP contribution in [0.1, 0.15) is 28.5 Å². The summed E-state index contributed by atoms with van der Waals surface area (Å²) in [6, 6.07) is 12.8. The summed E-state index contributed by atoms with van der Waals surface area (Å²) < 4.78 is 10.5. The minimum atomic E-state index is -0.565. The summed E-state index contributed by atoms with van der Waals surface area (Å²) in [7, 11) is 0. The van der Waals surface area contributed by atoms with E-state index in [-0.39, 0.29) is 6.61 Å². The van der Waals surface area contributed by atoms with Crippen molar-refractivity contribution in [2.45, 2.75) is 20.8 Å². The number of aromatic amines is 1. The molecule has 0 aliphatic carbocycles. The fraction of sp³-hybridized carbons (Fsp3) is 0.238. The molecule has 0 saturated carbocycles. The van der Waals surface area contributed by atoms with Crippen LogP contribution in [0.3, 0.4) is 0 Å². The van der Waals surface area contributed by atoms with Crippen molar-refractivity contribution in [3.05, 3.63) is 59.3 Å². The predicted octanol–water partition coefficient (Wildman–Crippen LogP) is 3.98. The van der Waals surface area contributed by atoms with Gasteiger partial charge in [0.2, 0.25) is 0 Å². The van der Waals surface area contributed by atoms with Gasteiger partial charge in [0.05, 0.1) is 6.61 Å². The number of hydrogen-bond donors (Lipinski definition) is 2. The van der Waals surface area contributed by atoms with E-state index in [2.05, 4.69) is 16.4 Å². The third-order valence-electron chi connectivity index (χ3n) is 4.09. The third kappa shape index (κ3) is 4.47. The van der Waals surface area contributed by atoms with Crippen LogP contribution in [0.2, 0.25) is 0 Å². The largest absolute Gasteiger partial charge is 0.494 e. The molecule has 0 aliphatic heterocycles. The number of carbonyl (C=O) groups is 2. The molecule has 1 aromatic heterocycles. The maximum atomic E-state index is 12.2. The van der Waals surface area contributed by atoms with Crippen LogP contribution in [0.5, 0.6) is 5.75 Å². The second kappa shape index (κ2) is 7.95. The van der Waals surface area contributed by atoms with Crippen LogP contribution < -0.4 is 10.1 Å². The number of aromatic nitrogens is 1. The van der Waals surface area contributed by atoms with E-state index in [0.29, 0.717) is 18.0 Å². The fourth-order valence-corrected chi connectivity index (χ4v) is 2.92. The van der Waals surface area contributed by atoms with E-state index in [1.807, 2.05) is 26.8 Å². The number of nitrogens with one attached hydrogen (secondary N) is 2. The Bertz CT molecular complexity index is 974. The number of benzene rings is 2. The summed E-state index contributed by atoms with van der Waals surface area (Å²) in [6.07, 6.45) is 0. The third-order valence-corrected chi connectivity index (χ3v) is 4.09. The lowest BCUT2D eigenvalue weighted by atomic mass is 10.1. The number of carbonyl (C=O) groups excluding carboxylic acids is 2. The van der Waals surface area contributed by atoms with Gasteiger partial charge >= 0.3 is 5.97 Å². The van der Waals surface area contributed by atoms with Gasteiger partial charge < -0.3 is 19.8 Å². The highest BCUT2D eigenvalue weighted by Crippen LogP contribution is 2.22. The highest BCUT2D eigenvalue weighted by atomic mass is 16.5. The number of aryl methyl sites for hydroxylation is 2. The molecule has 0 radical (unpaired) electrons. The Balaban J connectivity index is 1.58. The van der Waals surface area contributed by atoms with E-state index < -0.39 is 11.9 Å². The molecule has 6 heteroatoms. The maximum absolute atomic E-state index is 12.2. The molecule has 3 aromatic rings. The van der Waals surface area contributed by atoms with Crippen molar-refractivity contribution in [3.8, 4) is 5.75 Å². The van der Waals surface area contributed by atoms with Crippen LogP contribution in [-0.2, 0) is 9.53 Å². The lowest BCUT2D eigenvalue weighted by molar-refractivity contribution is -0.119. The molecular weight excluding hydrogens is 344 g/mol. The zero-order valence-corrected chi connectivity index (χ0v) is 15.6. The Morgan fingerprint density at radius 1 is 1.07 bits per heavy atom. The van der Waals surface area contributed by atoms with Crippen LogP contribution >= 0.6 is 0 Å². The van der Waals surface area contributed by atoms with Gasteiger partial charge in [-0.15, -0.1) is 0 Å². The quantitative estimate of drug-likeness (QED) is 0.647. The minimum Gasteiger partial charge on any atom is -0.494 e. The zero-order valence-electron chi connectivity index (χ0n) is 15.6. The SMILES string of the molecule is CCOc1ccc(NC(=O)COC(=O)c2cc3c(C)cc(C)cc3[nH]2)cc1. The first kappa shape index (κ1) is 18.5. The lowest BCUT2D eigenvalue weighted by Crippen LogP contribution is -2.21. The van der Waals surface area contributed by atoms with Crippen molar-refractivity contribution in [2.75, 3.05) is 18.5 Å². The van der Waals surface area contributed by atoms with Crippen molar-refractivity contribution in [3.63, 3.8) is 0 Å². The van der Waals surface area contributed by atoms with Gasteiger partial charge in [0, 0.05) is 16.6 Å². The van der Waals surface area contributed by atoms with E-state index >= 15 is 0 Å². The summed E-state index contributed by atoms with van der Waals surface area (Å²) in [5.41, 5.74) is 3.99. The highest BCUT2D eigenvalue weighted by molar-refractivity contribution is 5.98. The molecule has 1 amide bonds. The molecule has 0 saturated heterocycles. The summed E-state index contributed by atoms with van der Waals surface area (Å²) in [5, 5.41) is 3.64. The standard InChI is InChI=1S/C21H22N2O4/c1-4-26-16-7-5-15(6-8-16)22-20(24)12-27-21(25)19-11-17-14(3)9-13(2)10-18(17)23-19/h5-11,23H,4,12H2,1-3H3,(H,22,24). The first-order valence-corrected chi connectivity index (χ1v) is 8.76. The highest BCUT2D eigenvalue weighted by Gasteiger charge is 2.14. The fourth-order valence-electron chi connectivity index (χ4n) is 2.92. The predicted molar refractivity (Wildman–Crippen MR) is 104 cm³/mol. The first-order valence-electron chi connectivity index (χ1n) is 8.76. The normalized spacial score (nSPS) is 10.6. The molecule has 0 aliphatic rings. The van der Waals surface area contributed by atoms with E-state index in [1.165, 1.54) is 0 Å². The second-order valence-electron chi connectivity index (χ2n) is 6.31. The van der Waals surface area contributed by atoms with Gasteiger partial charge in [0.25, 0.3) is 5.91 Å².